The van der Waals surface area contributed by atoms with E-state index in [2.05, 4.69) is 56.0 Å². The van der Waals surface area contributed by atoms with Crippen molar-refractivity contribution >= 4 is 10.8 Å². The third-order valence-electron chi connectivity index (χ3n) is 7.50. The van der Waals surface area contributed by atoms with Crippen molar-refractivity contribution < 1.29 is 4.39 Å². The summed E-state index contributed by atoms with van der Waals surface area (Å²) in [6.45, 7) is 4.43. The molecule has 3 aromatic rings. The predicted octanol–water partition coefficient (Wildman–Crippen LogP) is 8.87. The van der Waals surface area contributed by atoms with E-state index in [4.69, 9.17) is 0 Å². The minimum absolute atomic E-state index is 0.0428. The lowest BCUT2D eigenvalue weighted by Crippen LogP contribution is -2.15. The summed E-state index contributed by atoms with van der Waals surface area (Å²) in [5, 5.41) is 1.65. The average molecular weight is 441 g/mol. The molecule has 0 heterocycles. The highest BCUT2D eigenvalue weighted by molar-refractivity contribution is 5.85. The maximum atomic E-state index is 15.2. The Morgan fingerprint density at radius 1 is 0.788 bits per heavy atom. The van der Waals surface area contributed by atoms with Crippen LogP contribution in [0.2, 0.25) is 0 Å². The van der Waals surface area contributed by atoms with Crippen LogP contribution in [-0.2, 0) is 12.8 Å². The summed E-state index contributed by atoms with van der Waals surface area (Å²) in [6, 6.07) is 18.3. The van der Waals surface area contributed by atoms with Crippen molar-refractivity contribution in [1.82, 2.24) is 0 Å². The molecule has 0 unspecified atom stereocenters. The molecule has 1 fully saturated rings. The van der Waals surface area contributed by atoms with Gasteiger partial charge in [-0.05, 0) is 71.9 Å². The highest BCUT2D eigenvalue weighted by Gasteiger charge is 2.21. The Morgan fingerprint density at radius 3 is 2.15 bits per heavy atom. The smallest absolute Gasteiger partial charge is 0.134 e. The molecule has 0 N–H and O–H groups in total. The fraction of sp³-hybridized carbons (Fsp3) is 0.438. The van der Waals surface area contributed by atoms with Crippen molar-refractivity contribution in [2.45, 2.75) is 78.1 Å². The first-order chi connectivity index (χ1) is 16.2. The Morgan fingerprint density at radius 2 is 1.45 bits per heavy atom. The van der Waals surface area contributed by atoms with Crippen molar-refractivity contribution in [3.63, 3.8) is 0 Å². The molecule has 0 aliphatic heterocycles. The molecule has 1 heteroatoms. The first kappa shape index (κ1) is 23.6. The molecule has 33 heavy (non-hydrogen) atoms. The van der Waals surface area contributed by atoms with E-state index in [9.17, 15) is 0 Å². The Hall–Kier alpha value is -2.59. The monoisotopic (exact) mass is 440 g/mol. The fourth-order valence-electron chi connectivity index (χ4n) is 5.24. The van der Waals surface area contributed by atoms with E-state index < -0.39 is 0 Å². The predicted molar refractivity (Wildman–Crippen MR) is 139 cm³/mol. The van der Waals surface area contributed by atoms with E-state index in [1.54, 1.807) is 0 Å². The van der Waals surface area contributed by atoms with Gasteiger partial charge in [0.15, 0.2) is 0 Å². The lowest BCUT2D eigenvalue weighted by molar-refractivity contribution is 0.249. The van der Waals surface area contributed by atoms with E-state index in [1.165, 1.54) is 50.5 Å². The molecule has 0 amide bonds. The number of unbranched alkanes of at least 4 members (excludes halogenated alkanes) is 1. The molecule has 1 aliphatic carbocycles. The molecule has 0 saturated heterocycles. The third-order valence-corrected chi connectivity index (χ3v) is 7.50. The molecule has 3 aromatic carbocycles. The Labute approximate surface area is 199 Å². The van der Waals surface area contributed by atoms with Gasteiger partial charge in [0, 0.05) is 16.5 Å². The second-order valence-corrected chi connectivity index (χ2v) is 9.84. The Bertz CT molecular complexity index is 1100. The zero-order valence-electron chi connectivity index (χ0n) is 20.3. The molecular weight excluding hydrogens is 403 g/mol. The molecule has 1 aliphatic rings. The molecule has 0 radical (unpaired) electrons. The van der Waals surface area contributed by atoms with E-state index in [1.807, 2.05) is 24.3 Å². The van der Waals surface area contributed by atoms with Crippen molar-refractivity contribution in [3.8, 4) is 11.8 Å². The van der Waals surface area contributed by atoms with Crippen LogP contribution in [0.4, 0.5) is 4.39 Å². The normalized spacial score (nSPS) is 18.2. The van der Waals surface area contributed by atoms with Gasteiger partial charge in [0.05, 0.1) is 0 Å². The number of fused-ring (bicyclic) bond motifs is 1. The van der Waals surface area contributed by atoms with Gasteiger partial charge in [-0.25, -0.2) is 4.39 Å². The van der Waals surface area contributed by atoms with Crippen LogP contribution in [0, 0.1) is 29.5 Å². The minimum atomic E-state index is -0.0428. The van der Waals surface area contributed by atoms with Crippen LogP contribution in [0.1, 0.15) is 87.5 Å². The number of rotatable bonds is 7. The highest BCUT2D eigenvalue weighted by atomic mass is 19.1. The maximum absolute atomic E-state index is 15.2. The Balaban J connectivity index is 1.38. The van der Waals surface area contributed by atoms with Crippen LogP contribution in [0.5, 0.6) is 0 Å². The zero-order chi connectivity index (χ0) is 23.0. The summed E-state index contributed by atoms with van der Waals surface area (Å²) in [7, 11) is 0. The summed E-state index contributed by atoms with van der Waals surface area (Å²) in [4.78, 5) is 0. The average Bonchev–Trinajstić information content (AvgIpc) is 2.86. The van der Waals surface area contributed by atoms with E-state index in [-0.39, 0.29) is 5.82 Å². The molecular formula is C32H37F. The van der Waals surface area contributed by atoms with Crippen LogP contribution < -0.4 is 0 Å². The lowest BCUT2D eigenvalue weighted by atomic mass is 9.78. The minimum Gasteiger partial charge on any atom is -0.206 e. The van der Waals surface area contributed by atoms with Gasteiger partial charge in [0.1, 0.15) is 5.82 Å². The van der Waals surface area contributed by atoms with Crippen LogP contribution in [0.15, 0.2) is 54.6 Å². The van der Waals surface area contributed by atoms with Crippen molar-refractivity contribution in [1.29, 1.82) is 0 Å². The number of hydrogen-bond donors (Lipinski definition) is 0. The topological polar surface area (TPSA) is 0 Å². The molecule has 0 aromatic heterocycles. The SMILES string of the molecule is CCCCC1CCC(CCc2ccc3cc(C#Cc4ccc(CC)cc4)ccc3c2F)CC1. The summed E-state index contributed by atoms with van der Waals surface area (Å²) in [6.07, 6.45) is 12.5. The number of halogens is 1. The zero-order valence-corrected chi connectivity index (χ0v) is 20.3. The van der Waals surface area contributed by atoms with E-state index in [0.29, 0.717) is 5.39 Å². The van der Waals surface area contributed by atoms with Gasteiger partial charge in [-0.1, -0.05) is 101 Å². The molecule has 0 nitrogen and oxygen atoms in total. The lowest BCUT2D eigenvalue weighted by Gasteiger charge is -2.28. The van der Waals surface area contributed by atoms with Gasteiger partial charge in [-0.3, -0.25) is 0 Å². The molecule has 0 atom stereocenters. The first-order valence-electron chi connectivity index (χ1n) is 13.0. The highest BCUT2D eigenvalue weighted by Crippen LogP contribution is 2.34. The van der Waals surface area contributed by atoms with Gasteiger partial charge in [0.2, 0.25) is 0 Å². The molecule has 0 spiro atoms. The summed E-state index contributed by atoms with van der Waals surface area (Å²) in [5.41, 5.74) is 4.12. The van der Waals surface area contributed by atoms with E-state index in [0.717, 1.165) is 53.2 Å². The maximum Gasteiger partial charge on any atom is 0.134 e. The van der Waals surface area contributed by atoms with Crippen LogP contribution >= 0.6 is 0 Å². The Kier molecular flexibility index (Phi) is 8.22. The van der Waals surface area contributed by atoms with Crippen molar-refractivity contribution in [3.05, 3.63) is 82.7 Å². The van der Waals surface area contributed by atoms with Crippen molar-refractivity contribution in [2.24, 2.45) is 11.8 Å². The van der Waals surface area contributed by atoms with Crippen LogP contribution in [0.3, 0.4) is 0 Å². The summed E-state index contributed by atoms with van der Waals surface area (Å²) in [5.74, 6) is 8.13. The standard InChI is InChI=1S/C32H37F/c1-3-5-6-25-11-13-27(14-12-25)17-19-29-20-21-30-23-28(18-22-31(30)32(29)33)16-15-26-9-7-24(4-2)8-10-26/h7-10,18,20-23,25,27H,3-6,11-14,17,19H2,1-2H3. The van der Waals surface area contributed by atoms with Crippen molar-refractivity contribution in [2.75, 3.05) is 0 Å². The molecule has 1 saturated carbocycles. The quantitative estimate of drug-likeness (QED) is 0.322. The molecule has 172 valence electrons. The van der Waals surface area contributed by atoms with Gasteiger partial charge in [-0.2, -0.15) is 0 Å². The number of hydrogen-bond acceptors (Lipinski definition) is 0. The van der Waals surface area contributed by atoms with Gasteiger partial charge >= 0.3 is 0 Å². The van der Waals surface area contributed by atoms with Crippen LogP contribution in [0.25, 0.3) is 10.8 Å². The molecule has 0 bridgehead atoms. The largest absolute Gasteiger partial charge is 0.206 e. The third kappa shape index (κ3) is 6.26. The van der Waals surface area contributed by atoms with Gasteiger partial charge in [0.25, 0.3) is 0 Å². The molecule has 4 rings (SSSR count). The summed E-state index contributed by atoms with van der Waals surface area (Å²) < 4.78 is 15.2. The van der Waals surface area contributed by atoms with E-state index >= 15 is 4.39 Å². The second-order valence-electron chi connectivity index (χ2n) is 9.84. The van der Waals surface area contributed by atoms with Crippen LogP contribution in [-0.4, -0.2) is 0 Å². The second kappa shape index (κ2) is 11.5. The first-order valence-corrected chi connectivity index (χ1v) is 13.0. The fourth-order valence-corrected chi connectivity index (χ4v) is 5.24. The van der Waals surface area contributed by atoms with Gasteiger partial charge < -0.3 is 0 Å². The van der Waals surface area contributed by atoms with Gasteiger partial charge in [-0.15, -0.1) is 0 Å². The number of benzene rings is 3. The summed E-state index contributed by atoms with van der Waals surface area (Å²) >= 11 is 0. The number of aryl methyl sites for hydroxylation is 2.